The van der Waals surface area contributed by atoms with Gasteiger partial charge in [0.15, 0.2) is 0 Å². The van der Waals surface area contributed by atoms with Crippen LogP contribution < -0.4 is 10.1 Å². The van der Waals surface area contributed by atoms with E-state index < -0.39 is 5.97 Å². The van der Waals surface area contributed by atoms with Crippen molar-refractivity contribution < 1.29 is 19.4 Å². The molecule has 1 aromatic carbocycles. The van der Waals surface area contributed by atoms with E-state index in [0.29, 0.717) is 6.54 Å². The number of hydrogen-bond donors (Lipinski definition) is 2. The first-order valence-electron chi connectivity index (χ1n) is 5.37. The summed E-state index contributed by atoms with van der Waals surface area (Å²) in [7, 11) is 0. The number of hydrogen-bond acceptors (Lipinski definition) is 3. The van der Waals surface area contributed by atoms with Crippen LogP contribution in [0.25, 0.3) is 0 Å². The third-order valence-electron chi connectivity index (χ3n) is 2.08. The zero-order valence-corrected chi connectivity index (χ0v) is 9.60. The predicted molar refractivity (Wildman–Crippen MR) is 62.2 cm³/mol. The highest BCUT2D eigenvalue weighted by molar-refractivity contribution is 5.90. The fraction of sp³-hybridized carbons (Fsp3) is 0.333. The lowest BCUT2D eigenvalue weighted by atomic mass is 10.2. The van der Waals surface area contributed by atoms with Crippen LogP contribution in [0.5, 0.6) is 5.75 Å². The van der Waals surface area contributed by atoms with E-state index in [2.05, 4.69) is 5.32 Å². The van der Waals surface area contributed by atoms with Crippen LogP contribution in [0.15, 0.2) is 24.3 Å². The molecule has 0 aliphatic heterocycles. The minimum absolute atomic E-state index is 0.100. The number of ether oxygens (including phenoxy) is 1. The molecular formula is C12H15NO4. The first kappa shape index (κ1) is 13.0. The molecule has 0 aliphatic rings. The maximum absolute atomic E-state index is 11.1. The van der Waals surface area contributed by atoms with Gasteiger partial charge in [-0.25, -0.2) is 4.79 Å². The molecule has 17 heavy (non-hydrogen) atoms. The summed E-state index contributed by atoms with van der Waals surface area (Å²) in [5.74, 6) is -0.872. The van der Waals surface area contributed by atoms with Gasteiger partial charge in [0.25, 0.3) is 0 Å². The molecule has 92 valence electrons. The fourth-order valence-electron chi connectivity index (χ4n) is 1.31. The predicted octanol–water partition coefficient (Wildman–Crippen LogP) is 1.29. The molecule has 0 radical (unpaired) electrons. The summed E-state index contributed by atoms with van der Waals surface area (Å²) in [5.41, 5.74) is 0.100. The van der Waals surface area contributed by atoms with E-state index in [4.69, 9.17) is 9.84 Å². The Morgan fingerprint density at radius 2 is 2.06 bits per heavy atom. The van der Waals surface area contributed by atoms with Gasteiger partial charge in [-0.3, -0.25) is 4.79 Å². The molecule has 1 rings (SSSR count). The van der Waals surface area contributed by atoms with Crippen LogP contribution in [-0.2, 0) is 4.79 Å². The van der Waals surface area contributed by atoms with Gasteiger partial charge >= 0.3 is 5.97 Å². The van der Waals surface area contributed by atoms with Gasteiger partial charge in [0, 0.05) is 6.54 Å². The number of nitrogens with one attached hydrogen (secondary N) is 1. The highest BCUT2D eigenvalue weighted by Gasteiger charge is 2.10. The standard InChI is InChI=1S/C12H15NO4/c1-2-13-11(14)7-8-17-10-6-4-3-5-9(10)12(15)16/h3-6H,2,7-8H2,1H3,(H,13,14)(H,15,16). The molecule has 1 aromatic rings. The van der Waals surface area contributed by atoms with Gasteiger partial charge in [0.05, 0.1) is 13.0 Å². The van der Waals surface area contributed by atoms with E-state index in [9.17, 15) is 9.59 Å². The number of carbonyl (C=O) groups excluding carboxylic acids is 1. The number of carbonyl (C=O) groups is 2. The molecule has 0 saturated carbocycles. The van der Waals surface area contributed by atoms with Crippen LogP contribution in [0.4, 0.5) is 0 Å². The maximum Gasteiger partial charge on any atom is 0.339 e. The summed E-state index contributed by atoms with van der Waals surface area (Å²) < 4.78 is 5.27. The SMILES string of the molecule is CCNC(=O)CCOc1ccccc1C(=O)O. The first-order valence-corrected chi connectivity index (χ1v) is 5.37. The molecule has 1 amide bonds. The van der Waals surface area contributed by atoms with Crippen molar-refractivity contribution in [3.63, 3.8) is 0 Å². The number of aromatic carboxylic acids is 1. The zero-order valence-electron chi connectivity index (χ0n) is 9.60. The number of rotatable bonds is 6. The number of amides is 1. The van der Waals surface area contributed by atoms with Gasteiger partial charge in [-0.2, -0.15) is 0 Å². The second kappa shape index (κ2) is 6.52. The van der Waals surface area contributed by atoms with Crippen LogP contribution in [0.2, 0.25) is 0 Å². The van der Waals surface area contributed by atoms with E-state index in [1.165, 1.54) is 6.07 Å². The Balaban J connectivity index is 2.52. The Morgan fingerprint density at radius 3 is 2.71 bits per heavy atom. The van der Waals surface area contributed by atoms with E-state index in [0.717, 1.165) is 0 Å². The van der Waals surface area contributed by atoms with Gasteiger partial charge in [-0.05, 0) is 19.1 Å². The van der Waals surface area contributed by atoms with Crippen molar-refractivity contribution in [1.29, 1.82) is 0 Å². The number of benzene rings is 1. The number of carboxylic acid groups (broad SMARTS) is 1. The number of para-hydroxylation sites is 1. The third kappa shape index (κ3) is 4.14. The van der Waals surface area contributed by atoms with Crippen LogP contribution >= 0.6 is 0 Å². The summed E-state index contributed by atoms with van der Waals surface area (Å²) in [6, 6.07) is 6.35. The van der Waals surface area contributed by atoms with Crippen molar-refractivity contribution in [3.8, 4) is 5.75 Å². The summed E-state index contributed by atoms with van der Waals surface area (Å²) in [6.45, 7) is 2.57. The summed E-state index contributed by atoms with van der Waals surface area (Å²) in [5, 5.41) is 11.5. The molecule has 0 saturated heterocycles. The Bertz CT molecular complexity index is 403. The molecule has 0 aliphatic carbocycles. The monoisotopic (exact) mass is 237 g/mol. The van der Waals surface area contributed by atoms with Crippen LogP contribution in [0.3, 0.4) is 0 Å². The van der Waals surface area contributed by atoms with Crippen molar-refractivity contribution in [3.05, 3.63) is 29.8 Å². The van der Waals surface area contributed by atoms with E-state index in [1.807, 2.05) is 6.92 Å². The van der Waals surface area contributed by atoms with Crippen LogP contribution in [0.1, 0.15) is 23.7 Å². The Morgan fingerprint density at radius 1 is 1.35 bits per heavy atom. The van der Waals surface area contributed by atoms with Gasteiger partial charge in [0.2, 0.25) is 5.91 Å². The molecular weight excluding hydrogens is 222 g/mol. The van der Waals surface area contributed by atoms with Crippen molar-refractivity contribution >= 4 is 11.9 Å². The summed E-state index contributed by atoms with van der Waals surface area (Å²) >= 11 is 0. The molecule has 5 nitrogen and oxygen atoms in total. The molecule has 0 heterocycles. The van der Waals surface area contributed by atoms with Gasteiger partial charge in [-0.15, -0.1) is 0 Å². The summed E-state index contributed by atoms with van der Waals surface area (Å²) in [6.07, 6.45) is 0.210. The van der Waals surface area contributed by atoms with Crippen molar-refractivity contribution in [1.82, 2.24) is 5.32 Å². The highest BCUT2D eigenvalue weighted by atomic mass is 16.5. The van der Waals surface area contributed by atoms with E-state index >= 15 is 0 Å². The van der Waals surface area contributed by atoms with Crippen LogP contribution in [0, 0.1) is 0 Å². The van der Waals surface area contributed by atoms with E-state index in [1.54, 1.807) is 18.2 Å². The average Bonchev–Trinajstić information content (AvgIpc) is 2.30. The smallest absolute Gasteiger partial charge is 0.339 e. The largest absolute Gasteiger partial charge is 0.492 e. The van der Waals surface area contributed by atoms with Gasteiger partial charge in [-0.1, -0.05) is 12.1 Å². The molecule has 2 N–H and O–H groups in total. The minimum atomic E-state index is -1.04. The van der Waals surface area contributed by atoms with E-state index in [-0.39, 0.29) is 30.2 Å². The maximum atomic E-state index is 11.1. The topological polar surface area (TPSA) is 75.6 Å². The molecule has 0 spiro atoms. The van der Waals surface area contributed by atoms with Gasteiger partial charge < -0.3 is 15.2 Å². The molecule has 5 heteroatoms. The fourth-order valence-corrected chi connectivity index (χ4v) is 1.31. The third-order valence-corrected chi connectivity index (χ3v) is 2.08. The Hall–Kier alpha value is -2.04. The summed E-state index contributed by atoms with van der Waals surface area (Å²) in [4.78, 5) is 22.0. The zero-order chi connectivity index (χ0) is 12.7. The van der Waals surface area contributed by atoms with Crippen LogP contribution in [-0.4, -0.2) is 30.1 Å². The first-order chi connectivity index (χ1) is 8.15. The Kier molecular flexibility index (Phi) is 5.00. The highest BCUT2D eigenvalue weighted by Crippen LogP contribution is 2.17. The molecule has 0 bridgehead atoms. The average molecular weight is 237 g/mol. The van der Waals surface area contributed by atoms with Crippen molar-refractivity contribution in [2.24, 2.45) is 0 Å². The van der Waals surface area contributed by atoms with Gasteiger partial charge in [0.1, 0.15) is 11.3 Å². The van der Waals surface area contributed by atoms with Crippen molar-refractivity contribution in [2.45, 2.75) is 13.3 Å². The second-order valence-electron chi connectivity index (χ2n) is 3.35. The molecule has 0 atom stereocenters. The number of carboxylic acids is 1. The lowest BCUT2D eigenvalue weighted by Crippen LogP contribution is -2.24. The lowest BCUT2D eigenvalue weighted by Gasteiger charge is -2.08. The van der Waals surface area contributed by atoms with Crippen molar-refractivity contribution in [2.75, 3.05) is 13.2 Å². The molecule has 0 aromatic heterocycles. The quantitative estimate of drug-likeness (QED) is 0.781. The normalized spacial score (nSPS) is 9.71. The second-order valence-corrected chi connectivity index (χ2v) is 3.35. The lowest BCUT2D eigenvalue weighted by molar-refractivity contribution is -0.121. The minimum Gasteiger partial charge on any atom is -0.492 e. The molecule has 0 fully saturated rings. The Labute approximate surface area is 99.4 Å². The molecule has 0 unspecified atom stereocenters.